The topological polar surface area (TPSA) is 37.4 Å². The molecule has 1 aromatic rings. The summed E-state index contributed by atoms with van der Waals surface area (Å²) in [4.78, 5) is 0.327. The Hall–Kier alpha value is 0.0900. The smallest absolute Gasteiger partial charge is 0.207 e. The van der Waals surface area contributed by atoms with Crippen molar-refractivity contribution >= 4 is 41.9 Å². The van der Waals surface area contributed by atoms with Crippen LogP contribution in [0, 0.1) is 0 Å². The van der Waals surface area contributed by atoms with E-state index in [-0.39, 0.29) is 0 Å². The molecule has 0 atom stereocenters. The molecule has 0 aliphatic rings. The molecule has 18 heavy (non-hydrogen) atoms. The van der Waals surface area contributed by atoms with Gasteiger partial charge in [0.05, 0.1) is 4.90 Å². The second kappa shape index (κ2) is 7.62. The maximum atomic E-state index is 12.3. The zero-order chi connectivity index (χ0) is 13.6. The number of alkyl halides is 1. The summed E-state index contributed by atoms with van der Waals surface area (Å²) in [6, 6.07) is 6.90. The summed E-state index contributed by atoms with van der Waals surface area (Å²) in [6.07, 6.45) is 2.98. The Morgan fingerprint density at radius 2 is 1.83 bits per heavy atom. The van der Waals surface area contributed by atoms with Crippen molar-refractivity contribution < 1.29 is 8.42 Å². The Labute approximate surface area is 126 Å². The van der Waals surface area contributed by atoms with E-state index in [1.54, 1.807) is 31.3 Å². The number of rotatable bonds is 7. The van der Waals surface area contributed by atoms with E-state index in [1.807, 2.05) is 0 Å². The summed E-state index contributed by atoms with van der Waals surface area (Å²) < 4.78 is 26.6. The van der Waals surface area contributed by atoms with Crippen molar-refractivity contribution in [2.45, 2.75) is 24.2 Å². The van der Waals surface area contributed by atoms with E-state index < -0.39 is 10.0 Å². The van der Waals surface area contributed by atoms with Crippen LogP contribution in [0.25, 0.3) is 0 Å². The second-order valence-corrected chi connectivity index (χ2v) is 7.67. The molecule has 0 fully saturated rings. The Kier molecular flexibility index (Phi) is 6.84. The first kappa shape index (κ1) is 16.1. The number of benzene rings is 1. The Balaban J connectivity index is 2.72. The average molecular weight is 399 g/mol. The summed E-state index contributed by atoms with van der Waals surface area (Å²) >= 11 is 6.65. The van der Waals surface area contributed by atoms with Crippen LogP contribution in [-0.4, -0.2) is 31.6 Å². The van der Waals surface area contributed by atoms with Gasteiger partial charge in [0.15, 0.2) is 0 Å². The number of unbranched alkanes of at least 4 members (excludes halogenated alkanes) is 2. The zero-order valence-electron chi connectivity index (χ0n) is 10.3. The lowest BCUT2D eigenvalue weighted by molar-refractivity contribution is 0.454. The molecule has 102 valence electrons. The van der Waals surface area contributed by atoms with Crippen LogP contribution < -0.4 is 0 Å². The molecule has 0 saturated heterocycles. The fourth-order valence-corrected chi connectivity index (χ4v) is 4.11. The number of hydrogen-bond donors (Lipinski definition) is 0. The molecule has 1 rings (SSSR count). The highest BCUT2D eigenvalue weighted by atomic mass is 79.9. The predicted molar refractivity (Wildman–Crippen MR) is 81.6 cm³/mol. The van der Waals surface area contributed by atoms with Crippen molar-refractivity contribution in [3.8, 4) is 0 Å². The monoisotopic (exact) mass is 397 g/mol. The molecule has 1 aromatic carbocycles. The molecule has 0 unspecified atom stereocenters. The van der Waals surface area contributed by atoms with Crippen molar-refractivity contribution in [2.24, 2.45) is 0 Å². The standard InChI is InChI=1S/C12H17Br2NO2S/c1-15(10-6-2-5-9-13)18(16,17)12-8-4-3-7-11(12)14/h3-4,7-8H,2,5-6,9-10H2,1H3. The summed E-state index contributed by atoms with van der Waals surface area (Å²) in [7, 11) is -1.75. The molecule has 0 aliphatic heterocycles. The summed E-state index contributed by atoms with van der Waals surface area (Å²) in [5, 5.41) is 0.966. The zero-order valence-corrected chi connectivity index (χ0v) is 14.3. The van der Waals surface area contributed by atoms with Gasteiger partial charge < -0.3 is 0 Å². The van der Waals surface area contributed by atoms with E-state index in [0.717, 1.165) is 24.6 Å². The quantitative estimate of drug-likeness (QED) is 0.519. The van der Waals surface area contributed by atoms with Crippen molar-refractivity contribution in [3.63, 3.8) is 0 Å². The maximum Gasteiger partial charge on any atom is 0.243 e. The van der Waals surface area contributed by atoms with Gasteiger partial charge in [-0.25, -0.2) is 12.7 Å². The minimum absolute atomic E-state index is 0.327. The highest BCUT2D eigenvalue weighted by Crippen LogP contribution is 2.24. The van der Waals surface area contributed by atoms with E-state index in [2.05, 4.69) is 31.9 Å². The SMILES string of the molecule is CN(CCCCCBr)S(=O)(=O)c1ccccc1Br. The van der Waals surface area contributed by atoms with Gasteiger partial charge >= 0.3 is 0 Å². The molecule has 0 saturated carbocycles. The molecule has 0 aromatic heterocycles. The van der Waals surface area contributed by atoms with Gasteiger partial charge in [0, 0.05) is 23.4 Å². The van der Waals surface area contributed by atoms with Gasteiger partial charge in [-0.3, -0.25) is 0 Å². The van der Waals surface area contributed by atoms with E-state index in [0.29, 0.717) is 15.9 Å². The predicted octanol–water partition coefficient (Wildman–Crippen LogP) is 3.63. The third-order valence-electron chi connectivity index (χ3n) is 2.63. The fourth-order valence-electron chi connectivity index (χ4n) is 1.55. The number of sulfonamides is 1. The molecule has 0 spiro atoms. The lowest BCUT2D eigenvalue weighted by atomic mass is 10.2. The molecular weight excluding hydrogens is 382 g/mol. The summed E-state index contributed by atoms with van der Waals surface area (Å²) in [5.41, 5.74) is 0. The maximum absolute atomic E-state index is 12.3. The van der Waals surface area contributed by atoms with Crippen molar-refractivity contribution in [1.29, 1.82) is 0 Å². The Morgan fingerprint density at radius 3 is 2.44 bits per heavy atom. The molecule has 0 radical (unpaired) electrons. The minimum Gasteiger partial charge on any atom is -0.207 e. The van der Waals surface area contributed by atoms with Crippen molar-refractivity contribution in [3.05, 3.63) is 28.7 Å². The second-order valence-electron chi connectivity index (χ2n) is 4.01. The first-order chi connectivity index (χ1) is 8.50. The largest absolute Gasteiger partial charge is 0.243 e. The highest BCUT2D eigenvalue weighted by molar-refractivity contribution is 9.10. The molecular formula is C12H17Br2NO2S. The van der Waals surface area contributed by atoms with Gasteiger partial charge in [-0.1, -0.05) is 34.5 Å². The number of hydrogen-bond acceptors (Lipinski definition) is 2. The third kappa shape index (κ3) is 4.33. The Bertz CT molecular complexity index is 477. The number of halogens is 2. The van der Waals surface area contributed by atoms with Crippen molar-refractivity contribution in [1.82, 2.24) is 4.31 Å². The molecule has 0 N–H and O–H groups in total. The first-order valence-corrected chi connectivity index (χ1v) is 9.12. The van der Waals surface area contributed by atoms with Crippen LogP contribution in [0.2, 0.25) is 0 Å². The van der Waals surface area contributed by atoms with Crippen LogP contribution in [-0.2, 0) is 10.0 Å². The van der Waals surface area contributed by atoms with E-state index in [4.69, 9.17) is 0 Å². The van der Waals surface area contributed by atoms with Crippen LogP contribution >= 0.6 is 31.9 Å². The van der Waals surface area contributed by atoms with Crippen LogP contribution in [0.5, 0.6) is 0 Å². The first-order valence-electron chi connectivity index (χ1n) is 5.77. The number of nitrogens with zero attached hydrogens (tertiary/aromatic N) is 1. The van der Waals surface area contributed by atoms with E-state index >= 15 is 0 Å². The van der Waals surface area contributed by atoms with E-state index in [1.165, 1.54) is 4.31 Å². The van der Waals surface area contributed by atoms with Gasteiger partial charge in [-0.05, 0) is 40.9 Å². The van der Waals surface area contributed by atoms with Gasteiger partial charge in [0.25, 0.3) is 0 Å². The third-order valence-corrected chi connectivity index (χ3v) is 6.06. The van der Waals surface area contributed by atoms with Crippen LogP contribution in [0.4, 0.5) is 0 Å². The highest BCUT2D eigenvalue weighted by Gasteiger charge is 2.22. The Morgan fingerprint density at radius 1 is 1.17 bits per heavy atom. The van der Waals surface area contributed by atoms with Crippen LogP contribution in [0.1, 0.15) is 19.3 Å². The van der Waals surface area contributed by atoms with E-state index in [9.17, 15) is 8.42 Å². The molecule has 0 aliphatic carbocycles. The molecule has 0 bridgehead atoms. The normalized spacial score (nSPS) is 12.0. The average Bonchev–Trinajstić information content (AvgIpc) is 2.34. The molecule has 0 amide bonds. The summed E-state index contributed by atoms with van der Waals surface area (Å²) in [5.74, 6) is 0. The van der Waals surface area contributed by atoms with Gasteiger partial charge in [0.2, 0.25) is 10.0 Å². The van der Waals surface area contributed by atoms with Gasteiger partial charge in [0.1, 0.15) is 0 Å². The molecule has 3 nitrogen and oxygen atoms in total. The lowest BCUT2D eigenvalue weighted by Gasteiger charge is -2.17. The van der Waals surface area contributed by atoms with Crippen LogP contribution in [0.3, 0.4) is 0 Å². The van der Waals surface area contributed by atoms with Crippen molar-refractivity contribution in [2.75, 3.05) is 18.9 Å². The minimum atomic E-state index is -3.38. The van der Waals surface area contributed by atoms with Gasteiger partial charge in [-0.15, -0.1) is 0 Å². The fraction of sp³-hybridized carbons (Fsp3) is 0.500. The summed E-state index contributed by atoms with van der Waals surface area (Å²) in [6.45, 7) is 0.552. The molecule has 6 heteroatoms. The lowest BCUT2D eigenvalue weighted by Crippen LogP contribution is -2.28. The van der Waals surface area contributed by atoms with Gasteiger partial charge in [-0.2, -0.15) is 0 Å². The van der Waals surface area contributed by atoms with Crippen LogP contribution in [0.15, 0.2) is 33.6 Å². The molecule has 0 heterocycles.